The van der Waals surface area contributed by atoms with Crippen molar-refractivity contribution < 1.29 is 4.42 Å². The van der Waals surface area contributed by atoms with Crippen LogP contribution in [0.25, 0.3) is 11.1 Å². The van der Waals surface area contributed by atoms with Gasteiger partial charge in [0.1, 0.15) is 5.52 Å². The fourth-order valence-corrected chi connectivity index (χ4v) is 3.30. The molecule has 1 aliphatic rings. The summed E-state index contributed by atoms with van der Waals surface area (Å²) in [5.74, 6) is 0. The van der Waals surface area contributed by atoms with Crippen LogP contribution in [0.2, 0.25) is 0 Å². The SMILES string of the molecule is CN(C)C1CCCN(c2nc3cc(C(C)(C)C)ccc3o2)CC1. The number of benzene rings is 1. The maximum Gasteiger partial charge on any atom is 0.298 e. The van der Waals surface area contributed by atoms with E-state index < -0.39 is 0 Å². The van der Waals surface area contributed by atoms with E-state index in [-0.39, 0.29) is 5.41 Å². The second-order valence-corrected chi connectivity index (χ2v) is 7.96. The standard InChI is InChI=1S/C19H29N3O/c1-19(2,3)14-8-9-17-16(13-14)20-18(23-17)22-11-6-7-15(10-12-22)21(4)5/h8-9,13,15H,6-7,10-12H2,1-5H3. The van der Waals surface area contributed by atoms with Crippen molar-refractivity contribution >= 4 is 17.1 Å². The van der Waals surface area contributed by atoms with Gasteiger partial charge in [-0.05, 0) is 56.5 Å². The van der Waals surface area contributed by atoms with Gasteiger partial charge in [-0.25, -0.2) is 0 Å². The van der Waals surface area contributed by atoms with Crippen LogP contribution in [0.15, 0.2) is 22.6 Å². The molecule has 4 nitrogen and oxygen atoms in total. The number of rotatable bonds is 2. The predicted octanol–water partition coefficient (Wildman–Crippen LogP) is 4.05. The van der Waals surface area contributed by atoms with E-state index >= 15 is 0 Å². The van der Waals surface area contributed by atoms with E-state index in [9.17, 15) is 0 Å². The van der Waals surface area contributed by atoms with Crippen LogP contribution >= 0.6 is 0 Å². The van der Waals surface area contributed by atoms with Crippen molar-refractivity contribution in [3.8, 4) is 0 Å². The van der Waals surface area contributed by atoms with Crippen molar-refractivity contribution in [2.24, 2.45) is 0 Å². The highest BCUT2D eigenvalue weighted by Crippen LogP contribution is 2.29. The minimum atomic E-state index is 0.134. The first-order valence-corrected chi connectivity index (χ1v) is 8.67. The molecule has 1 saturated heterocycles. The van der Waals surface area contributed by atoms with Crippen LogP contribution in [0, 0.1) is 0 Å². The first kappa shape index (κ1) is 16.3. The molecule has 2 heterocycles. The third-order valence-electron chi connectivity index (χ3n) is 4.94. The van der Waals surface area contributed by atoms with Gasteiger partial charge in [0, 0.05) is 19.1 Å². The lowest BCUT2D eigenvalue weighted by Crippen LogP contribution is -2.30. The smallest absolute Gasteiger partial charge is 0.298 e. The molecule has 0 bridgehead atoms. The van der Waals surface area contributed by atoms with Gasteiger partial charge in [0.05, 0.1) is 0 Å². The number of hydrogen-bond donors (Lipinski definition) is 0. The Hall–Kier alpha value is -1.55. The van der Waals surface area contributed by atoms with Gasteiger partial charge in [-0.3, -0.25) is 0 Å². The summed E-state index contributed by atoms with van der Waals surface area (Å²) >= 11 is 0. The first-order valence-electron chi connectivity index (χ1n) is 8.67. The zero-order valence-electron chi connectivity index (χ0n) is 15.1. The first-order chi connectivity index (χ1) is 10.8. The van der Waals surface area contributed by atoms with Gasteiger partial charge in [-0.1, -0.05) is 26.8 Å². The molecule has 126 valence electrons. The summed E-state index contributed by atoms with van der Waals surface area (Å²) in [7, 11) is 4.35. The van der Waals surface area contributed by atoms with E-state index in [1.807, 2.05) is 0 Å². The molecule has 23 heavy (non-hydrogen) atoms. The summed E-state index contributed by atoms with van der Waals surface area (Å²) in [5, 5.41) is 0. The molecule has 0 spiro atoms. The van der Waals surface area contributed by atoms with E-state index in [0.29, 0.717) is 6.04 Å². The molecule has 1 aromatic carbocycles. The average molecular weight is 315 g/mol. The van der Waals surface area contributed by atoms with E-state index in [0.717, 1.165) is 30.2 Å². The highest BCUT2D eigenvalue weighted by Gasteiger charge is 2.22. The van der Waals surface area contributed by atoms with Crippen LogP contribution in [-0.4, -0.2) is 43.1 Å². The van der Waals surface area contributed by atoms with Gasteiger partial charge < -0.3 is 14.2 Å². The summed E-state index contributed by atoms with van der Waals surface area (Å²) in [4.78, 5) is 9.41. The van der Waals surface area contributed by atoms with Crippen molar-refractivity contribution in [3.63, 3.8) is 0 Å². The number of anilines is 1. The van der Waals surface area contributed by atoms with Gasteiger partial charge in [0.15, 0.2) is 5.58 Å². The van der Waals surface area contributed by atoms with Gasteiger partial charge in [-0.2, -0.15) is 4.98 Å². The Morgan fingerprint density at radius 2 is 1.96 bits per heavy atom. The molecule has 4 heteroatoms. The molecule has 1 aromatic heterocycles. The Morgan fingerprint density at radius 1 is 1.17 bits per heavy atom. The van der Waals surface area contributed by atoms with E-state index in [1.54, 1.807) is 0 Å². The van der Waals surface area contributed by atoms with Crippen molar-refractivity contribution in [1.29, 1.82) is 0 Å². The Kier molecular flexibility index (Phi) is 4.37. The summed E-state index contributed by atoms with van der Waals surface area (Å²) in [6.45, 7) is 8.73. The third kappa shape index (κ3) is 3.52. The van der Waals surface area contributed by atoms with Gasteiger partial charge in [0.2, 0.25) is 0 Å². The monoisotopic (exact) mass is 315 g/mol. The van der Waals surface area contributed by atoms with Crippen LogP contribution in [0.5, 0.6) is 0 Å². The molecule has 1 atom stereocenters. The van der Waals surface area contributed by atoms with E-state index in [4.69, 9.17) is 9.40 Å². The number of hydrogen-bond acceptors (Lipinski definition) is 4. The molecule has 0 saturated carbocycles. The molecule has 0 amide bonds. The molecule has 0 N–H and O–H groups in total. The average Bonchev–Trinajstić information content (AvgIpc) is 2.73. The van der Waals surface area contributed by atoms with Crippen molar-refractivity contribution in [1.82, 2.24) is 9.88 Å². The molecule has 0 radical (unpaired) electrons. The molecular weight excluding hydrogens is 286 g/mol. The van der Waals surface area contributed by atoms with Gasteiger partial charge in [0.25, 0.3) is 6.01 Å². The number of fused-ring (bicyclic) bond motifs is 1. The lowest BCUT2D eigenvalue weighted by atomic mass is 9.87. The molecular formula is C19H29N3O. The predicted molar refractivity (Wildman–Crippen MR) is 96.2 cm³/mol. The van der Waals surface area contributed by atoms with Crippen molar-refractivity contribution in [2.75, 3.05) is 32.1 Å². The van der Waals surface area contributed by atoms with Crippen molar-refractivity contribution in [3.05, 3.63) is 23.8 Å². The van der Waals surface area contributed by atoms with E-state index in [2.05, 4.69) is 62.9 Å². The molecule has 2 aromatic rings. The molecule has 3 rings (SSSR count). The van der Waals surface area contributed by atoms with Crippen molar-refractivity contribution in [2.45, 2.75) is 51.5 Å². The second-order valence-electron chi connectivity index (χ2n) is 7.96. The maximum atomic E-state index is 6.03. The molecule has 0 aliphatic carbocycles. The van der Waals surface area contributed by atoms with Crippen LogP contribution in [-0.2, 0) is 5.41 Å². The highest BCUT2D eigenvalue weighted by molar-refractivity contribution is 5.75. The molecule has 1 fully saturated rings. The zero-order chi connectivity index (χ0) is 16.6. The van der Waals surface area contributed by atoms with Crippen LogP contribution in [0.3, 0.4) is 0 Å². The number of aromatic nitrogens is 1. The van der Waals surface area contributed by atoms with Crippen LogP contribution in [0.1, 0.15) is 45.6 Å². The van der Waals surface area contributed by atoms with Gasteiger partial charge in [-0.15, -0.1) is 0 Å². The topological polar surface area (TPSA) is 32.5 Å². The maximum absolute atomic E-state index is 6.03. The summed E-state index contributed by atoms with van der Waals surface area (Å²) in [6, 6.07) is 7.83. The Morgan fingerprint density at radius 3 is 2.65 bits per heavy atom. The minimum absolute atomic E-state index is 0.134. The Labute approximate surface area is 139 Å². The Bertz CT molecular complexity index is 669. The summed E-state index contributed by atoms with van der Waals surface area (Å²) in [6.07, 6.45) is 3.60. The number of oxazole rings is 1. The largest absolute Gasteiger partial charge is 0.423 e. The van der Waals surface area contributed by atoms with E-state index in [1.165, 1.54) is 24.8 Å². The summed E-state index contributed by atoms with van der Waals surface area (Å²) < 4.78 is 6.03. The van der Waals surface area contributed by atoms with Crippen LogP contribution < -0.4 is 4.90 Å². The quantitative estimate of drug-likeness (QED) is 0.837. The second kappa shape index (κ2) is 6.16. The normalized spacial score (nSPS) is 20.3. The lowest BCUT2D eigenvalue weighted by molar-refractivity contribution is 0.272. The Balaban J connectivity index is 1.83. The molecule has 1 unspecified atom stereocenters. The zero-order valence-corrected chi connectivity index (χ0v) is 15.1. The minimum Gasteiger partial charge on any atom is -0.423 e. The fraction of sp³-hybridized carbons (Fsp3) is 0.632. The van der Waals surface area contributed by atoms with Gasteiger partial charge >= 0.3 is 0 Å². The fourth-order valence-electron chi connectivity index (χ4n) is 3.30. The lowest BCUT2D eigenvalue weighted by Gasteiger charge is -2.22. The summed E-state index contributed by atoms with van der Waals surface area (Å²) in [5.41, 5.74) is 3.30. The molecule has 1 aliphatic heterocycles. The van der Waals surface area contributed by atoms with Crippen LogP contribution in [0.4, 0.5) is 6.01 Å². The number of nitrogens with zero attached hydrogens (tertiary/aromatic N) is 3. The third-order valence-corrected chi connectivity index (χ3v) is 4.94. The highest BCUT2D eigenvalue weighted by atomic mass is 16.4.